The van der Waals surface area contributed by atoms with E-state index in [0.717, 1.165) is 5.56 Å². The van der Waals surface area contributed by atoms with E-state index >= 15 is 0 Å². The Hall–Kier alpha value is -2.32. The highest BCUT2D eigenvalue weighted by molar-refractivity contribution is 5.66. The van der Waals surface area contributed by atoms with Gasteiger partial charge in [-0.05, 0) is 5.56 Å². The lowest BCUT2D eigenvalue weighted by atomic mass is 9.58. The summed E-state index contributed by atoms with van der Waals surface area (Å²) in [5.41, 5.74) is 7.98. The molecule has 6 N–H and O–H groups in total. The van der Waals surface area contributed by atoms with Crippen molar-refractivity contribution in [1.29, 1.82) is 0 Å². The van der Waals surface area contributed by atoms with Crippen LogP contribution in [0.4, 0.5) is 9.59 Å². The third-order valence-electron chi connectivity index (χ3n) is 5.16. The lowest BCUT2D eigenvalue weighted by Crippen LogP contribution is -2.68. The zero-order chi connectivity index (χ0) is 22.6. The van der Waals surface area contributed by atoms with Gasteiger partial charge in [-0.3, -0.25) is 0 Å². The van der Waals surface area contributed by atoms with Gasteiger partial charge >= 0.3 is 12.2 Å². The van der Waals surface area contributed by atoms with E-state index in [-0.39, 0.29) is 6.42 Å². The standard InChI is InChI=1S/C21H34N2O6/c1-19(2,3)21(20(4,5)6,29-18(23)27)16(25)15(24)14(28-17(22)26)12-13-10-8-7-9-11-13/h7-11,14-16,24-25H,12H2,1-6H3,(H2,22,26)(H2,23,27). The molecule has 0 aliphatic rings. The van der Waals surface area contributed by atoms with Crippen LogP contribution in [-0.2, 0) is 15.9 Å². The Balaban J connectivity index is 3.44. The van der Waals surface area contributed by atoms with Gasteiger partial charge in [0, 0.05) is 17.3 Å². The largest absolute Gasteiger partial charge is 0.443 e. The van der Waals surface area contributed by atoms with E-state index in [1.807, 2.05) is 6.07 Å². The van der Waals surface area contributed by atoms with Crippen molar-refractivity contribution < 1.29 is 29.3 Å². The van der Waals surface area contributed by atoms with Crippen molar-refractivity contribution in [2.45, 2.75) is 71.9 Å². The van der Waals surface area contributed by atoms with Crippen molar-refractivity contribution in [2.75, 3.05) is 0 Å². The molecule has 0 bridgehead atoms. The molecule has 3 unspecified atom stereocenters. The summed E-state index contributed by atoms with van der Waals surface area (Å²) in [5.74, 6) is 0. The van der Waals surface area contributed by atoms with Gasteiger partial charge in [0.25, 0.3) is 0 Å². The second-order valence-corrected chi connectivity index (χ2v) is 9.26. The van der Waals surface area contributed by atoms with Crippen LogP contribution in [0.5, 0.6) is 0 Å². The molecule has 0 fully saturated rings. The highest BCUT2D eigenvalue weighted by atomic mass is 16.6. The fourth-order valence-electron chi connectivity index (χ4n) is 4.21. The predicted octanol–water partition coefficient (Wildman–Crippen LogP) is 2.34. The van der Waals surface area contributed by atoms with Crippen LogP contribution in [0.15, 0.2) is 30.3 Å². The molecule has 8 nitrogen and oxygen atoms in total. The van der Waals surface area contributed by atoms with Crippen molar-refractivity contribution >= 4 is 12.2 Å². The zero-order valence-electron chi connectivity index (χ0n) is 18.0. The fraction of sp³-hybridized carbons (Fsp3) is 0.619. The van der Waals surface area contributed by atoms with Gasteiger partial charge in [0.1, 0.15) is 18.3 Å². The van der Waals surface area contributed by atoms with Crippen LogP contribution < -0.4 is 11.5 Å². The molecule has 1 aromatic rings. The first-order valence-corrected chi connectivity index (χ1v) is 9.48. The van der Waals surface area contributed by atoms with Gasteiger partial charge in [0.05, 0.1) is 0 Å². The molecule has 0 heterocycles. The summed E-state index contributed by atoms with van der Waals surface area (Å²) >= 11 is 0. The minimum Gasteiger partial charge on any atom is -0.443 e. The highest BCUT2D eigenvalue weighted by Crippen LogP contribution is 2.50. The maximum Gasteiger partial charge on any atom is 0.405 e. The summed E-state index contributed by atoms with van der Waals surface area (Å²) < 4.78 is 10.6. The smallest absolute Gasteiger partial charge is 0.405 e. The van der Waals surface area contributed by atoms with Crippen molar-refractivity contribution in [2.24, 2.45) is 22.3 Å². The number of carbonyl (C=O) groups excluding carboxylic acids is 2. The average Bonchev–Trinajstić information content (AvgIpc) is 2.56. The number of hydrogen-bond acceptors (Lipinski definition) is 6. The highest BCUT2D eigenvalue weighted by Gasteiger charge is 2.61. The van der Waals surface area contributed by atoms with Crippen molar-refractivity contribution in [3.05, 3.63) is 35.9 Å². The monoisotopic (exact) mass is 410 g/mol. The first-order chi connectivity index (χ1) is 13.1. The second kappa shape index (κ2) is 9.00. The quantitative estimate of drug-likeness (QED) is 0.543. The number of primary amides is 2. The molecular formula is C21H34N2O6. The minimum absolute atomic E-state index is 0.100. The summed E-state index contributed by atoms with van der Waals surface area (Å²) in [6.45, 7) is 10.6. The Morgan fingerprint density at radius 3 is 1.79 bits per heavy atom. The van der Waals surface area contributed by atoms with E-state index in [1.54, 1.807) is 65.8 Å². The number of rotatable bonds is 7. The van der Waals surface area contributed by atoms with E-state index in [9.17, 15) is 19.8 Å². The van der Waals surface area contributed by atoms with E-state index in [0.29, 0.717) is 0 Å². The van der Waals surface area contributed by atoms with E-state index in [1.165, 1.54) is 0 Å². The second-order valence-electron chi connectivity index (χ2n) is 9.26. The molecule has 1 aromatic carbocycles. The van der Waals surface area contributed by atoms with Crippen LogP contribution in [0, 0.1) is 10.8 Å². The Bertz CT molecular complexity index is 679. The molecule has 0 aliphatic carbocycles. The minimum atomic E-state index is -1.64. The van der Waals surface area contributed by atoms with Gasteiger partial charge in [-0.1, -0.05) is 71.9 Å². The van der Waals surface area contributed by atoms with Crippen LogP contribution in [0.25, 0.3) is 0 Å². The van der Waals surface area contributed by atoms with Gasteiger partial charge in [0.15, 0.2) is 5.60 Å². The predicted molar refractivity (Wildman–Crippen MR) is 109 cm³/mol. The molecule has 164 valence electrons. The molecule has 0 aromatic heterocycles. The first kappa shape index (κ1) is 24.7. The summed E-state index contributed by atoms with van der Waals surface area (Å²) in [6.07, 6.45) is -6.50. The summed E-state index contributed by atoms with van der Waals surface area (Å²) in [4.78, 5) is 23.2. The number of ether oxygens (including phenoxy) is 2. The van der Waals surface area contributed by atoms with E-state index < -0.39 is 46.9 Å². The molecule has 29 heavy (non-hydrogen) atoms. The molecule has 2 amide bonds. The SMILES string of the molecule is CC(C)(C)C(OC(N)=O)(C(O)C(O)C(Cc1ccccc1)OC(N)=O)C(C)(C)C. The number of aliphatic hydroxyl groups excluding tert-OH is 2. The van der Waals surface area contributed by atoms with Crippen LogP contribution >= 0.6 is 0 Å². The molecule has 1 rings (SSSR count). The fourth-order valence-corrected chi connectivity index (χ4v) is 4.21. The number of carbonyl (C=O) groups is 2. The van der Waals surface area contributed by atoms with E-state index in [2.05, 4.69) is 0 Å². The zero-order valence-corrected chi connectivity index (χ0v) is 18.0. The molecule has 0 aliphatic heterocycles. The van der Waals surface area contributed by atoms with Gasteiger partial charge in [-0.15, -0.1) is 0 Å². The van der Waals surface area contributed by atoms with Crippen LogP contribution in [0.2, 0.25) is 0 Å². The van der Waals surface area contributed by atoms with Gasteiger partial charge < -0.3 is 31.2 Å². The number of benzene rings is 1. The number of aliphatic hydroxyl groups is 2. The summed E-state index contributed by atoms with van der Waals surface area (Å²) in [6, 6.07) is 8.99. The van der Waals surface area contributed by atoms with E-state index in [4.69, 9.17) is 20.9 Å². The first-order valence-electron chi connectivity index (χ1n) is 9.48. The van der Waals surface area contributed by atoms with Crippen molar-refractivity contribution in [1.82, 2.24) is 0 Å². The summed E-state index contributed by atoms with van der Waals surface area (Å²) in [7, 11) is 0. The molecule has 8 heteroatoms. The van der Waals surface area contributed by atoms with Crippen LogP contribution in [-0.4, -0.2) is 46.3 Å². The third kappa shape index (κ3) is 5.61. The van der Waals surface area contributed by atoms with Crippen molar-refractivity contribution in [3.63, 3.8) is 0 Å². The molecule has 3 atom stereocenters. The molecular weight excluding hydrogens is 376 g/mol. The average molecular weight is 411 g/mol. The van der Waals surface area contributed by atoms with Gasteiger partial charge in [-0.25, -0.2) is 9.59 Å². The lowest BCUT2D eigenvalue weighted by Gasteiger charge is -2.55. The van der Waals surface area contributed by atoms with Crippen LogP contribution in [0.3, 0.4) is 0 Å². The Morgan fingerprint density at radius 1 is 0.931 bits per heavy atom. The summed E-state index contributed by atoms with van der Waals surface area (Å²) in [5, 5.41) is 22.3. The topological polar surface area (TPSA) is 145 Å². The molecule has 0 saturated heterocycles. The molecule has 0 radical (unpaired) electrons. The van der Waals surface area contributed by atoms with Gasteiger partial charge in [-0.2, -0.15) is 0 Å². The lowest BCUT2D eigenvalue weighted by molar-refractivity contribution is -0.234. The Kier molecular flexibility index (Phi) is 7.67. The third-order valence-corrected chi connectivity index (χ3v) is 5.16. The number of nitrogens with two attached hydrogens (primary N) is 2. The molecule has 0 saturated carbocycles. The Labute approximate surface area is 172 Å². The molecule has 0 spiro atoms. The maximum absolute atomic E-state index is 11.8. The Morgan fingerprint density at radius 2 is 1.41 bits per heavy atom. The van der Waals surface area contributed by atoms with Gasteiger partial charge in [0.2, 0.25) is 0 Å². The maximum atomic E-state index is 11.8. The number of amides is 2. The van der Waals surface area contributed by atoms with Crippen LogP contribution in [0.1, 0.15) is 47.1 Å². The number of hydrogen-bond donors (Lipinski definition) is 4. The normalized spacial score (nSPS) is 15.9. The van der Waals surface area contributed by atoms with Crippen molar-refractivity contribution in [3.8, 4) is 0 Å².